The van der Waals surface area contributed by atoms with Crippen LogP contribution in [0.5, 0.6) is 0 Å². The first-order valence-electron chi connectivity index (χ1n) is 6.70. The van der Waals surface area contributed by atoms with Gasteiger partial charge in [0.25, 0.3) is 5.69 Å². The molecule has 0 radical (unpaired) electrons. The van der Waals surface area contributed by atoms with Gasteiger partial charge in [0.15, 0.2) is 0 Å². The number of nitrogens with zero attached hydrogens (tertiary/aromatic N) is 1. The van der Waals surface area contributed by atoms with Crippen molar-refractivity contribution in [3.8, 4) is 0 Å². The van der Waals surface area contributed by atoms with Gasteiger partial charge >= 0.3 is 0 Å². The quantitative estimate of drug-likeness (QED) is 0.443. The van der Waals surface area contributed by atoms with Crippen molar-refractivity contribution >= 4 is 5.69 Å². The third-order valence-electron chi connectivity index (χ3n) is 3.05. The van der Waals surface area contributed by atoms with E-state index in [1.165, 1.54) is 25.0 Å². The number of halogens is 1. The van der Waals surface area contributed by atoms with Crippen LogP contribution in [-0.4, -0.2) is 11.0 Å². The molecule has 19 heavy (non-hydrogen) atoms. The lowest BCUT2D eigenvalue weighted by molar-refractivity contribution is -0.385. The van der Waals surface area contributed by atoms with Gasteiger partial charge in [-0.05, 0) is 25.0 Å². The third-order valence-corrected chi connectivity index (χ3v) is 3.05. The highest BCUT2D eigenvalue weighted by Crippen LogP contribution is 2.16. The summed E-state index contributed by atoms with van der Waals surface area (Å²) >= 11 is 0. The Morgan fingerprint density at radius 3 is 2.74 bits per heavy atom. The first-order valence-corrected chi connectivity index (χ1v) is 6.70. The van der Waals surface area contributed by atoms with Gasteiger partial charge in [-0.2, -0.15) is 0 Å². The predicted octanol–water partition coefficient (Wildman–Crippen LogP) is 3.79. The SMILES string of the molecule is CCCCCC(C)NCc1cc(F)cc([N+](=O)[O-])c1. The van der Waals surface area contributed by atoms with Crippen molar-refractivity contribution in [1.82, 2.24) is 5.32 Å². The molecule has 0 heterocycles. The number of rotatable bonds is 8. The van der Waals surface area contributed by atoms with E-state index in [9.17, 15) is 14.5 Å². The zero-order valence-electron chi connectivity index (χ0n) is 11.5. The summed E-state index contributed by atoms with van der Waals surface area (Å²) in [5.41, 5.74) is 0.407. The van der Waals surface area contributed by atoms with E-state index in [0.717, 1.165) is 18.9 Å². The molecular formula is C14H21FN2O2. The van der Waals surface area contributed by atoms with Gasteiger partial charge < -0.3 is 5.32 Å². The van der Waals surface area contributed by atoms with Crippen molar-refractivity contribution in [2.45, 2.75) is 52.1 Å². The lowest BCUT2D eigenvalue weighted by Gasteiger charge is -2.13. The second-order valence-corrected chi connectivity index (χ2v) is 4.85. The van der Waals surface area contributed by atoms with Crippen molar-refractivity contribution in [2.75, 3.05) is 0 Å². The third kappa shape index (κ3) is 5.79. The Hall–Kier alpha value is -1.49. The van der Waals surface area contributed by atoms with Crippen LogP contribution in [0.15, 0.2) is 18.2 Å². The lowest BCUT2D eigenvalue weighted by Crippen LogP contribution is -2.25. The Morgan fingerprint density at radius 2 is 2.11 bits per heavy atom. The number of nitro benzene ring substituents is 1. The average Bonchev–Trinajstić information content (AvgIpc) is 2.36. The smallest absolute Gasteiger partial charge is 0.272 e. The molecule has 1 N–H and O–H groups in total. The fourth-order valence-corrected chi connectivity index (χ4v) is 1.94. The fraction of sp³-hybridized carbons (Fsp3) is 0.571. The van der Waals surface area contributed by atoms with E-state index in [1.54, 1.807) is 0 Å². The molecule has 0 aliphatic heterocycles. The number of hydrogen-bond donors (Lipinski definition) is 1. The van der Waals surface area contributed by atoms with Gasteiger partial charge in [0.2, 0.25) is 0 Å². The summed E-state index contributed by atoms with van der Waals surface area (Å²) in [6.45, 7) is 4.68. The molecule has 1 aromatic carbocycles. The van der Waals surface area contributed by atoms with Crippen LogP contribution in [0.1, 0.15) is 45.1 Å². The zero-order chi connectivity index (χ0) is 14.3. The molecule has 1 unspecified atom stereocenters. The summed E-state index contributed by atoms with van der Waals surface area (Å²) in [5, 5.41) is 13.9. The van der Waals surface area contributed by atoms with Crippen LogP contribution in [-0.2, 0) is 6.54 Å². The lowest BCUT2D eigenvalue weighted by atomic mass is 10.1. The Balaban J connectivity index is 2.50. The van der Waals surface area contributed by atoms with E-state index in [1.807, 2.05) is 0 Å². The van der Waals surface area contributed by atoms with Crippen LogP contribution in [0.25, 0.3) is 0 Å². The van der Waals surface area contributed by atoms with Crippen LogP contribution in [0.4, 0.5) is 10.1 Å². The minimum Gasteiger partial charge on any atom is -0.310 e. The second kappa shape index (κ2) is 7.84. The topological polar surface area (TPSA) is 55.2 Å². The summed E-state index contributed by atoms with van der Waals surface area (Å²) < 4.78 is 13.2. The molecule has 0 fully saturated rings. The van der Waals surface area contributed by atoms with Gasteiger partial charge in [-0.1, -0.05) is 26.2 Å². The molecule has 106 valence electrons. The molecule has 0 saturated heterocycles. The molecule has 1 aromatic rings. The van der Waals surface area contributed by atoms with E-state index in [0.29, 0.717) is 18.2 Å². The van der Waals surface area contributed by atoms with Crippen molar-refractivity contribution in [2.24, 2.45) is 0 Å². The summed E-state index contributed by atoms with van der Waals surface area (Å²) in [4.78, 5) is 10.1. The van der Waals surface area contributed by atoms with Crippen molar-refractivity contribution in [1.29, 1.82) is 0 Å². The van der Waals surface area contributed by atoms with Gasteiger partial charge in [0.1, 0.15) is 5.82 Å². The molecule has 5 heteroatoms. The number of nitrogens with one attached hydrogen (secondary N) is 1. The molecule has 1 atom stereocenters. The predicted molar refractivity (Wildman–Crippen MR) is 73.5 cm³/mol. The van der Waals surface area contributed by atoms with E-state index in [2.05, 4.69) is 19.2 Å². The highest BCUT2D eigenvalue weighted by Gasteiger charge is 2.10. The Kier molecular flexibility index (Phi) is 6.42. The van der Waals surface area contributed by atoms with Crippen LogP contribution >= 0.6 is 0 Å². The number of benzene rings is 1. The molecule has 0 aliphatic carbocycles. The molecule has 0 amide bonds. The highest BCUT2D eigenvalue weighted by atomic mass is 19.1. The summed E-state index contributed by atoms with van der Waals surface area (Å²) in [5.74, 6) is -0.565. The first kappa shape index (κ1) is 15.6. The molecule has 4 nitrogen and oxygen atoms in total. The van der Waals surface area contributed by atoms with Gasteiger partial charge in [-0.25, -0.2) is 4.39 Å². The van der Waals surface area contributed by atoms with Crippen molar-refractivity contribution < 1.29 is 9.31 Å². The van der Waals surface area contributed by atoms with Gasteiger partial charge in [-0.3, -0.25) is 10.1 Å². The Bertz CT molecular complexity index is 424. The fourth-order valence-electron chi connectivity index (χ4n) is 1.94. The first-order chi connectivity index (χ1) is 9.02. The maximum Gasteiger partial charge on any atom is 0.272 e. The second-order valence-electron chi connectivity index (χ2n) is 4.85. The Morgan fingerprint density at radius 1 is 1.37 bits per heavy atom. The van der Waals surface area contributed by atoms with E-state index in [4.69, 9.17) is 0 Å². The van der Waals surface area contributed by atoms with Crippen LogP contribution in [0.3, 0.4) is 0 Å². The minimum absolute atomic E-state index is 0.199. The molecule has 0 spiro atoms. The highest BCUT2D eigenvalue weighted by molar-refractivity contribution is 5.35. The summed E-state index contributed by atoms with van der Waals surface area (Å²) in [7, 11) is 0. The van der Waals surface area contributed by atoms with Gasteiger partial charge in [0, 0.05) is 18.7 Å². The van der Waals surface area contributed by atoms with Gasteiger partial charge in [-0.15, -0.1) is 0 Å². The zero-order valence-corrected chi connectivity index (χ0v) is 11.5. The molecule has 0 saturated carbocycles. The van der Waals surface area contributed by atoms with E-state index < -0.39 is 10.7 Å². The number of hydrogen-bond acceptors (Lipinski definition) is 3. The van der Waals surface area contributed by atoms with Crippen molar-refractivity contribution in [3.63, 3.8) is 0 Å². The largest absolute Gasteiger partial charge is 0.310 e. The van der Waals surface area contributed by atoms with Crippen LogP contribution in [0.2, 0.25) is 0 Å². The molecule has 1 rings (SSSR count). The molecule has 0 aromatic heterocycles. The monoisotopic (exact) mass is 268 g/mol. The number of unbranched alkanes of at least 4 members (excludes halogenated alkanes) is 2. The van der Waals surface area contributed by atoms with Gasteiger partial charge in [0.05, 0.1) is 11.0 Å². The van der Waals surface area contributed by atoms with E-state index >= 15 is 0 Å². The van der Waals surface area contributed by atoms with Crippen molar-refractivity contribution in [3.05, 3.63) is 39.7 Å². The number of nitro groups is 1. The average molecular weight is 268 g/mol. The molecule has 0 aliphatic rings. The maximum absolute atomic E-state index is 13.2. The summed E-state index contributed by atoms with van der Waals surface area (Å²) in [6.07, 6.45) is 4.61. The standard InChI is InChI=1S/C14H21FN2O2/c1-3-4-5-6-11(2)16-10-12-7-13(15)9-14(8-12)17(18)19/h7-9,11,16H,3-6,10H2,1-2H3. The molecule has 0 bridgehead atoms. The maximum atomic E-state index is 13.2. The normalized spacial score (nSPS) is 12.4. The minimum atomic E-state index is -0.572. The Labute approximate surface area is 113 Å². The van der Waals surface area contributed by atoms with Crippen LogP contribution < -0.4 is 5.32 Å². The summed E-state index contributed by atoms with van der Waals surface area (Å²) in [6, 6.07) is 4.01. The number of non-ortho nitro benzene ring substituents is 1. The molecular weight excluding hydrogens is 247 g/mol. The van der Waals surface area contributed by atoms with E-state index in [-0.39, 0.29) is 5.69 Å². The van der Waals surface area contributed by atoms with Crippen LogP contribution in [0, 0.1) is 15.9 Å².